The third-order valence-electron chi connectivity index (χ3n) is 3.03. The van der Waals surface area contributed by atoms with Crippen molar-refractivity contribution in [2.45, 2.75) is 13.8 Å². The van der Waals surface area contributed by atoms with Crippen molar-refractivity contribution in [2.24, 2.45) is 5.10 Å². The van der Waals surface area contributed by atoms with Crippen LogP contribution in [0.2, 0.25) is 0 Å². The van der Waals surface area contributed by atoms with E-state index in [1.165, 1.54) is 6.92 Å². The van der Waals surface area contributed by atoms with Crippen LogP contribution in [0.5, 0.6) is 0 Å². The third-order valence-corrected chi connectivity index (χ3v) is 3.03. The molecule has 2 rings (SSSR count). The number of aryl methyl sites for hydroxylation is 1. The topological polar surface area (TPSA) is 70.6 Å². The number of benzene rings is 2. The first-order valence-electron chi connectivity index (χ1n) is 6.83. The Hall–Kier alpha value is -2.95. The second-order valence-electron chi connectivity index (χ2n) is 4.81. The molecule has 0 aliphatic heterocycles. The molecule has 2 amide bonds. The zero-order valence-corrected chi connectivity index (χ0v) is 12.5. The van der Waals surface area contributed by atoms with Crippen LogP contribution < -0.4 is 10.7 Å². The van der Waals surface area contributed by atoms with Crippen molar-refractivity contribution < 1.29 is 9.59 Å². The van der Waals surface area contributed by atoms with Gasteiger partial charge in [-0.15, -0.1) is 0 Å². The predicted octanol–water partition coefficient (Wildman–Crippen LogP) is 2.72. The van der Waals surface area contributed by atoms with Crippen LogP contribution in [0.15, 0.2) is 53.6 Å². The molecule has 0 atom stereocenters. The van der Waals surface area contributed by atoms with Gasteiger partial charge in [-0.25, -0.2) is 5.43 Å². The van der Waals surface area contributed by atoms with E-state index in [1.807, 2.05) is 31.2 Å². The minimum Gasteiger partial charge on any atom is -0.326 e. The third kappa shape index (κ3) is 4.28. The molecule has 22 heavy (non-hydrogen) atoms. The molecule has 2 N–H and O–H groups in total. The summed E-state index contributed by atoms with van der Waals surface area (Å²) < 4.78 is 0. The lowest BCUT2D eigenvalue weighted by molar-refractivity contribution is -0.114. The number of hydrogen-bond acceptors (Lipinski definition) is 3. The molecule has 0 aliphatic carbocycles. The summed E-state index contributed by atoms with van der Waals surface area (Å²) in [5.74, 6) is -0.459. The summed E-state index contributed by atoms with van der Waals surface area (Å²) in [6.07, 6.45) is 1.61. The Morgan fingerprint density at radius 3 is 2.36 bits per heavy atom. The Labute approximate surface area is 129 Å². The van der Waals surface area contributed by atoms with E-state index < -0.39 is 0 Å². The molecule has 2 aromatic carbocycles. The van der Waals surface area contributed by atoms with Crippen LogP contribution in [-0.4, -0.2) is 18.0 Å². The van der Waals surface area contributed by atoms with Gasteiger partial charge in [-0.05, 0) is 42.3 Å². The summed E-state index contributed by atoms with van der Waals surface area (Å²) in [4.78, 5) is 22.9. The van der Waals surface area contributed by atoms with E-state index in [0.717, 1.165) is 11.1 Å². The lowest BCUT2D eigenvalue weighted by atomic mass is 10.1. The number of rotatable bonds is 4. The lowest BCUT2D eigenvalue weighted by Crippen LogP contribution is -2.17. The molecule has 0 heterocycles. The van der Waals surface area contributed by atoms with Gasteiger partial charge >= 0.3 is 0 Å². The molecular weight excluding hydrogens is 278 g/mol. The van der Waals surface area contributed by atoms with Gasteiger partial charge in [0.05, 0.1) is 6.21 Å². The molecule has 5 nitrogen and oxygen atoms in total. The van der Waals surface area contributed by atoms with E-state index in [9.17, 15) is 9.59 Å². The van der Waals surface area contributed by atoms with Crippen LogP contribution in [0.1, 0.15) is 28.4 Å². The zero-order chi connectivity index (χ0) is 15.9. The van der Waals surface area contributed by atoms with Gasteiger partial charge in [0.2, 0.25) is 5.91 Å². The van der Waals surface area contributed by atoms with Crippen molar-refractivity contribution in [3.8, 4) is 0 Å². The van der Waals surface area contributed by atoms with Crippen molar-refractivity contribution in [1.29, 1.82) is 0 Å². The largest absolute Gasteiger partial charge is 0.326 e. The van der Waals surface area contributed by atoms with E-state index >= 15 is 0 Å². The van der Waals surface area contributed by atoms with E-state index in [0.29, 0.717) is 11.3 Å². The van der Waals surface area contributed by atoms with E-state index in [-0.39, 0.29) is 11.8 Å². The van der Waals surface area contributed by atoms with Crippen LogP contribution in [0.25, 0.3) is 0 Å². The Morgan fingerprint density at radius 2 is 1.73 bits per heavy atom. The number of nitrogens with one attached hydrogen (secondary N) is 2. The van der Waals surface area contributed by atoms with Crippen LogP contribution in [0, 0.1) is 6.92 Å². The quantitative estimate of drug-likeness (QED) is 0.672. The molecule has 2 aromatic rings. The van der Waals surface area contributed by atoms with E-state index in [4.69, 9.17) is 0 Å². The van der Waals surface area contributed by atoms with Crippen LogP contribution in [0.3, 0.4) is 0 Å². The van der Waals surface area contributed by atoms with Crippen molar-refractivity contribution in [3.63, 3.8) is 0 Å². The fraction of sp³-hybridized carbons (Fsp3) is 0.118. The summed E-state index contributed by atoms with van der Waals surface area (Å²) >= 11 is 0. The van der Waals surface area contributed by atoms with Crippen LogP contribution >= 0.6 is 0 Å². The lowest BCUT2D eigenvalue weighted by Gasteiger charge is -2.04. The number of amides is 2. The van der Waals surface area contributed by atoms with Gasteiger partial charge in [0, 0.05) is 18.2 Å². The summed E-state index contributed by atoms with van der Waals surface area (Å²) in [6, 6.07) is 14.4. The Morgan fingerprint density at radius 1 is 1.05 bits per heavy atom. The number of hydrogen-bond donors (Lipinski definition) is 2. The van der Waals surface area contributed by atoms with E-state index in [1.54, 1.807) is 30.5 Å². The number of nitrogens with zero attached hydrogens (tertiary/aromatic N) is 1. The second kappa shape index (κ2) is 7.17. The molecule has 0 bridgehead atoms. The summed E-state index contributed by atoms with van der Waals surface area (Å²) in [5, 5.41) is 6.60. The molecule has 0 fully saturated rings. The van der Waals surface area contributed by atoms with Gasteiger partial charge in [-0.3, -0.25) is 9.59 Å². The molecule has 112 valence electrons. The van der Waals surface area contributed by atoms with Crippen molar-refractivity contribution >= 4 is 23.7 Å². The van der Waals surface area contributed by atoms with Crippen molar-refractivity contribution in [2.75, 3.05) is 5.32 Å². The van der Waals surface area contributed by atoms with Gasteiger partial charge < -0.3 is 5.32 Å². The minimum absolute atomic E-state index is 0.153. The second-order valence-corrected chi connectivity index (χ2v) is 4.81. The van der Waals surface area contributed by atoms with Gasteiger partial charge in [-0.1, -0.05) is 24.3 Å². The molecule has 5 heteroatoms. The predicted molar refractivity (Wildman–Crippen MR) is 87.0 cm³/mol. The average molecular weight is 295 g/mol. The first-order valence-corrected chi connectivity index (χ1v) is 6.83. The smallest absolute Gasteiger partial charge is 0.271 e. The highest BCUT2D eigenvalue weighted by Crippen LogP contribution is 2.09. The number of hydrazone groups is 1. The highest BCUT2D eigenvalue weighted by atomic mass is 16.2. The molecule has 0 unspecified atom stereocenters. The fourth-order valence-electron chi connectivity index (χ4n) is 1.86. The van der Waals surface area contributed by atoms with Gasteiger partial charge in [-0.2, -0.15) is 5.10 Å². The molecule has 0 aliphatic rings. The minimum atomic E-state index is -0.306. The standard InChI is InChI=1S/C17H17N3O2/c1-12-5-3-4-6-15(12)11-18-20-17(22)14-7-9-16(10-8-14)19-13(2)21/h3-11H,1-2H3,(H,19,21)(H,20,22)/b18-11+. The first-order chi connectivity index (χ1) is 10.6. The molecule has 0 radical (unpaired) electrons. The molecule has 0 aromatic heterocycles. The van der Waals surface area contributed by atoms with Crippen molar-refractivity contribution in [3.05, 3.63) is 65.2 Å². The summed E-state index contributed by atoms with van der Waals surface area (Å²) in [5.41, 5.74) is 5.62. The van der Waals surface area contributed by atoms with E-state index in [2.05, 4.69) is 15.8 Å². The SMILES string of the molecule is CC(=O)Nc1ccc(C(=O)N/N=C/c2ccccc2C)cc1. The van der Waals surface area contributed by atoms with Crippen LogP contribution in [0.4, 0.5) is 5.69 Å². The highest BCUT2D eigenvalue weighted by molar-refractivity contribution is 5.96. The Bertz CT molecular complexity index is 706. The van der Waals surface area contributed by atoms with Gasteiger partial charge in [0.25, 0.3) is 5.91 Å². The fourth-order valence-corrected chi connectivity index (χ4v) is 1.86. The maximum atomic E-state index is 11.9. The average Bonchev–Trinajstić information content (AvgIpc) is 2.49. The summed E-state index contributed by atoms with van der Waals surface area (Å²) in [6.45, 7) is 3.41. The number of carbonyl (C=O) groups excluding carboxylic acids is 2. The van der Waals surface area contributed by atoms with Gasteiger partial charge in [0.1, 0.15) is 0 Å². The maximum Gasteiger partial charge on any atom is 0.271 e. The summed E-state index contributed by atoms with van der Waals surface area (Å²) in [7, 11) is 0. The Balaban J connectivity index is 1.97. The van der Waals surface area contributed by atoms with Crippen molar-refractivity contribution in [1.82, 2.24) is 5.43 Å². The normalized spacial score (nSPS) is 10.5. The molecule has 0 saturated heterocycles. The van der Waals surface area contributed by atoms with Gasteiger partial charge in [0.15, 0.2) is 0 Å². The molecule has 0 saturated carbocycles. The Kier molecular flexibility index (Phi) is 5.03. The molecular formula is C17H17N3O2. The maximum absolute atomic E-state index is 11.9. The number of anilines is 1. The molecule has 0 spiro atoms. The first kappa shape index (κ1) is 15.4. The highest BCUT2D eigenvalue weighted by Gasteiger charge is 2.04. The number of carbonyl (C=O) groups is 2. The monoisotopic (exact) mass is 295 g/mol. The zero-order valence-electron chi connectivity index (χ0n) is 12.5. The van der Waals surface area contributed by atoms with Crippen LogP contribution in [-0.2, 0) is 4.79 Å².